The summed E-state index contributed by atoms with van der Waals surface area (Å²) in [6.45, 7) is 3.33. The minimum absolute atomic E-state index is 0.129. The number of ketones is 1. The van der Waals surface area contributed by atoms with Gasteiger partial charge in [0.15, 0.2) is 5.69 Å². The summed E-state index contributed by atoms with van der Waals surface area (Å²) < 4.78 is 40.3. The van der Waals surface area contributed by atoms with Gasteiger partial charge in [0.2, 0.25) is 5.91 Å². The first kappa shape index (κ1) is 22.6. The number of aryl methyl sites for hydroxylation is 2. The summed E-state index contributed by atoms with van der Waals surface area (Å²) in [6, 6.07) is 8.09. The van der Waals surface area contributed by atoms with E-state index in [2.05, 4.69) is 15.7 Å². The van der Waals surface area contributed by atoms with Crippen molar-refractivity contribution < 1.29 is 22.8 Å². The molecule has 29 heavy (non-hydrogen) atoms. The van der Waals surface area contributed by atoms with Gasteiger partial charge in [-0.3, -0.25) is 14.3 Å². The van der Waals surface area contributed by atoms with Crippen LogP contribution in [0.1, 0.15) is 36.7 Å². The van der Waals surface area contributed by atoms with Gasteiger partial charge < -0.3 is 10.6 Å². The number of halogens is 3. The van der Waals surface area contributed by atoms with E-state index in [1.807, 2.05) is 19.1 Å². The van der Waals surface area contributed by atoms with Gasteiger partial charge in [0.05, 0.1) is 0 Å². The van der Waals surface area contributed by atoms with Crippen LogP contribution in [0.5, 0.6) is 0 Å². The van der Waals surface area contributed by atoms with Crippen molar-refractivity contribution in [2.24, 2.45) is 13.0 Å². The number of nitrogens with one attached hydrogen (secondary N) is 2. The molecule has 2 atom stereocenters. The summed E-state index contributed by atoms with van der Waals surface area (Å²) in [5.74, 6) is -3.00. The number of nitrogens with zero attached hydrogens (tertiary/aromatic N) is 2. The zero-order valence-corrected chi connectivity index (χ0v) is 16.8. The van der Waals surface area contributed by atoms with Crippen molar-refractivity contribution in [1.29, 1.82) is 0 Å². The first-order valence-electron chi connectivity index (χ1n) is 9.25. The summed E-state index contributed by atoms with van der Waals surface area (Å²) >= 11 is 0. The van der Waals surface area contributed by atoms with Crippen molar-refractivity contribution in [3.63, 3.8) is 0 Å². The summed E-state index contributed by atoms with van der Waals surface area (Å²) in [6.07, 6.45) is -3.94. The maximum atomic E-state index is 13.1. The topological polar surface area (TPSA) is 76.0 Å². The lowest BCUT2D eigenvalue weighted by Crippen LogP contribution is -2.38. The molecule has 0 fully saturated rings. The van der Waals surface area contributed by atoms with E-state index in [9.17, 15) is 22.8 Å². The lowest BCUT2D eigenvalue weighted by molar-refractivity contribution is -0.141. The Hall–Kier alpha value is -2.68. The van der Waals surface area contributed by atoms with Crippen LogP contribution >= 0.6 is 0 Å². The Morgan fingerprint density at radius 2 is 1.90 bits per heavy atom. The second-order valence-electron chi connectivity index (χ2n) is 6.83. The number of Topliss-reactive ketones (excluding diaryl/α,β-unsaturated/α-hetero) is 1. The molecule has 0 radical (unpaired) electrons. The number of hydrogen-bond acceptors (Lipinski definition) is 4. The average Bonchev–Trinajstić information content (AvgIpc) is 3.03. The van der Waals surface area contributed by atoms with E-state index in [1.165, 1.54) is 14.0 Å². The molecule has 1 aromatic heterocycles. The largest absolute Gasteiger partial charge is 0.435 e. The van der Waals surface area contributed by atoms with Gasteiger partial charge in [0.1, 0.15) is 11.7 Å². The molecule has 9 heteroatoms. The van der Waals surface area contributed by atoms with Crippen LogP contribution in [-0.2, 0) is 29.2 Å². The number of aromatic nitrogens is 2. The molecular weight excluding hydrogens is 385 g/mol. The molecule has 0 unspecified atom stereocenters. The maximum Gasteiger partial charge on any atom is 0.435 e. The molecule has 2 aromatic rings. The summed E-state index contributed by atoms with van der Waals surface area (Å²) in [4.78, 5) is 25.4. The second-order valence-corrected chi connectivity index (χ2v) is 6.83. The van der Waals surface area contributed by atoms with Gasteiger partial charge in [0, 0.05) is 30.9 Å². The number of amides is 1. The number of likely N-dealkylation sites (N-methyl/N-ethyl adjacent to an activating group) is 1. The molecule has 0 saturated heterocycles. The number of anilines is 1. The standard InChI is InChI=1S/C20H25F3N4O2/c1-5-13-8-6-7-9-15(13)25-19(29)18(12(2)28)14(11-24-3)16-10-17(20(21,22)23)26-27(16)4/h6-10,14,18,24H,5,11H2,1-4H3,(H,25,29)/t14-,18+/m1/s1. The molecule has 0 saturated carbocycles. The Bertz CT molecular complexity index is 877. The Labute approximate surface area is 167 Å². The van der Waals surface area contributed by atoms with Crippen LogP contribution in [-0.4, -0.2) is 35.1 Å². The molecule has 1 heterocycles. The number of hydrogen-bond donors (Lipinski definition) is 2. The third-order valence-corrected chi connectivity index (χ3v) is 4.79. The zero-order valence-electron chi connectivity index (χ0n) is 16.8. The summed E-state index contributed by atoms with van der Waals surface area (Å²) in [5.41, 5.74) is 0.574. The molecule has 1 amide bonds. The molecule has 0 aliphatic carbocycles. The molecular formula is C20H25F3N4O2. The summed E-state index contributed by atoms with van der Waals surface area (Å²) in [5, 5.41) is 9.15. The van der Waals surface area contributed by atoms with Crippen molar-refractivity contribution in [2.45, 2.75) is 32.4 Å². The van der Waals surface area contributed by atoms with Crippen molar-refractivity contribution in [1.82, 2.24) is 15.1 Å². The van der Waals surface area contributed by atoms with E-state index in [4.69, 9.17) is 0 Å². The highest BCUT2D eigenvalue weighted by Crippen LogP contribution is 2.33. The van der Waals surface area contributed by atoms with Crippen LogP contribution in [0.25, 0.3) is 0 Å². The van der Waals surface area contributed by atoms with Gasteiger partial charge in [-0.25, -0.2) is 0 Å². The first-order valence-corrected chi connectivity index (χ1v) is 9.25. The molecule has 0 aliphatic heterocycles. The van der Waals surface area contributed by atoms with Crippen molar-refractivity contribution in [3.8, 4) is 0 Å². The number of rotatable bonds is 8. The molecule has 2 N–H and O–H groups in total. The van der Waals surface area contributed by atoms with Gasteiger partial charge >= 0.3 is 6.18 Å². The van der Waals surface area contributed by atoms with E-state index >= 15 is 0 Å². The van der Waals surface area contributed by atoms with Crippen LogP contribution in [0.15, 0.2) is 30.3 Å². The predicted molar refractivity (Wildman–Crippen MR) is 103 cm³/mol. The average molecular weight is 410 g/mol. The fraction of sp³-hybridized carbons (Fsp3) is 0.450. The molecule has 0 spiro atoms. The fourth-order valence-corrected chi connectivity index (χ4v) is 3.39. The molecule has 6 nitrogen and oxygen atoms in total. The lowest BCUT2D eigenvalue weighted by Gasteiger charge is -2.25. The van der Waals surface area contributed by atoms with Gasteiger partial charge in [0.25, 0.3) is 0 Å². The highest BCUT2D eigenvalue weighted by atomic mass is 19.4. The number of benzene rings is 1. The SMILES string of the molecule is CCc1ccccc1NC(=O)[C@@H](C(C)=O)[C@H](CNC)c1cc(C(F)(F)F)nn1C. The van der Waals surface area contributed by atoms with E-state index < -0.39 is 35.4 Å². The lowest BCUT2D eigenvalue weighted by atomic mass is 9.85. The van der Waals surface area contributed by atoms with Crippen molar-refractivity contribution in [3.05, 3.63) is 47.3 Å². The third kappa shape index (κ3) is 5.23. The minimum Gasteiger partial charge on any atom is -0.325 e. The van der Waals surface area contributed by atoms with Gasteiger partial charge in [-0.1, -0.05) is 25.1 Å². The highest BCUT2D eigenvalue weighted by Gasteiger charge is 2.39. The van der Waals surface area contributed by atoms with Gasteiger partial charge in [-0.15, -0.1) is 0 Å². The highest BCUT2D eigenvalue weighted by molar-refractivity contribution is 6.07. The monoisotopic (exact) mass is 410 g/mol. The smallest absolute Gasteiger partial charge is 0.325 e. The van der Waals surface area contributed by atoms with E-state index in [-0.39, 0.29) is 12.2 Å². The Kier molecular flexibility index (Phi) is 7.18. The van der Waals surface area contributed by atoms with Crippen LogP contribution in [0.2, 0.25) is 0 Å². The Morgan fingerprint density at radius 3 is 2.41 bits per heavy atom. The molecule has 158 valence electrons. The van der Waals surface area contributed by atoms with Gasteiger partial charge in [-0.05, 0) is 38.1 Å². The third-order valence-electron chi connectivity index (χ3n) is 4.79. The van der Waals surface area contributed by atoms with Crippen LogP contribution in [0.4, 0.5) is 18.9 Å². The zero-order chi connectivity index (χ0) is 21.8. The van der Waals surface area contributed by atoms with E-state index in [0.717, 1.165) is 16.3 Å². The molecule has 0 bridgehead atoms. The number of carbonyl (C=O) groups excluding carboxylic acids is 2. The van der Waals surface area contributed by atoms with Crippen LogP contribution in [0.3, 0.4) is 0 Å². The van der Waals surface area contributed by atoms with E-state index in [1.54, 1.807) is 19.2 Å². The number of para-hydroxylation sites is 1. The summed E-state index contributed by atoms with van der Waals surface area (Å²) in [7, 11) is 2.98. The van der Waals surface area contributed by atoms with E-state index in [0.29, 0.717) is 12.1 Å². The number of alkyl halides is 3. The van der Waals surface area contributed by atoms with Crippen molar-refractivity contribution >= 4 is 17.4 Å². The Morgan fingerprint density at radius 1 is 1.24 bits per heavy atom. The van der Waals surface area contributed by atoms with Crippen LogP contribution < -0.4 is 10.6 Å². The number of carbonyl (C=O) groups is 2. The second kappa shape index (κ2) is 9.21. The Balaban J connectivity index is 2.43. The molecule has 1 aromatic carbocycles. The van der Waals surface area contributed by atoms with Crippen LogP contribution in [0, 0.1) is 5.92 Å². The molecule has 0 aliphatic rings. The van der Waals surface area contributed by atoms with Gasteiger partial charge in [-0.2, -0.15) is 18.3 Å². The first-order chi connectivity index (χ1) is 13.6. The molecule has 2 rings (SSSR count). The maximum absolute atomic E-state index is 13.1. The van der Waals surface area contributed by atoms with Crippen molar-refractivity contribution in [2.75, 3.05) is 18.9 Å². The predicted octanol–water partition coefficient (Wildman–Crippen LogP) is 3.15. The fourth-order valence-electron chi connectivity index (χ4n) is 3.39. The minimum atomic E-state index is -4.62. The quantitative estimate of drug-likeness (QED) is 0.656. The normalized spacial score (nSPS) is 13.8.